The molecule has 1 amide bonds. The van der Waals surface area contributed by atoms with E-state index in [9.17, 15) is 4.79 Å². The van der Waals surface area contributed by atoms with Gasteiger partial charge in [-0.05, 0) is 47.2 Å². The number of hydrogen-bond donors (Lipinski definition) is 1. The molecule has 3 aromatic rings. The third-order valence-electron chi connectivity index (χ3n) is 3.66. The number of carbonyl (C=O) groups excluding carboxylic acids is 1. The van der Waals surface area contributed by atoms with Crippen LogP contribution in [0.4, 0.5) is 0 Å². The molecule has 2 aromatic carbocycles. The summed E-state index contributed by atoms with van der Waals surface area (Å²) in [6.07, 6.45) is 0. The minimum atomic E-state index is -0.163. The molecule has 0 fully saturated rings. The number of halogens is 2. The van der Waals surface area contributed by atoms with Crippen LogP contribution in [-0.2, 0) is 11.3 Å². The largest absolute Gasteiger partial charge is 0.492 e. The van der Waals surface area contributed by atoms with E-state index in [0.29, 0.717) is 39.8 Å². The average Bonchev–Trinajstić information content (AvgIpc) is 3.15. The number of hydrogen-bond acceptors (Lipinski definition) is 6. The Bertz CT molecular complexity index is 967. The number of tetrazole rings is 1. The Hall–Kier alpha value is -2.29. The highest BCUT2D eigenvalue weighted by Crippen LogP contribution is 2.26. The van der Waals surface area contributed by atoms with E-state index in [-0.39, 0.29) is 11.7 Å². The molecule has 10 heteroatoms. The lowest BCUT2D eigenvalue weighted by molar-refractivity contribution is -0.118. The molecule has 146 valence electrons. The molecule has 0 aliphatic rings. The first-order valence-electron chi connectivity index (χ1n) is 8.42. The SMILES string of the molecule is CCOc1ccccc1-n1nnnc1SCC(=O)NCc1ccc(Cl)cc1Cl. The second-order valence-electron chi connectivity index (χ2n) is 5.58. The van der Waals surface area contributed by atoms with Gasteiger partial charge in [-0.25, -0.2) is 0 Å². The van der Waals surface area contributed by atoms with Crippen LogP contribution in [0.15, 0.2) is 47.6 Å². The zero-order chi connectivity index (χ0) is 19.9. The highest BCUT2D eigenvalue weighted by Gasteiger charge is 2.15. The van der Waals surface area contributed by atoms with Crippen LogP contribution in [0.2, 0.25) is 10.0 Å². The fourth-order valence-corrected chi connectivity index (χ4v) is 3.56. The average molecular weight is 438 g/mol. The molecule has 0 spiro atoms. The van der Waals surface area contributed by atoms with Crippen LogP contribution in [-0.4, -0.2) is 38.5 Å². The number of nitrogens with zero attached hydrogens (tertiary/aromatic N) is 4. The van der Waals surface area contributed by atoms with Crippen molar-refractivity contribution in [2.75, 3.05) is 12.4 Å². The Kier molecular flexibility index (Phi) is 7.13. The van der Waals surface area contributed by atoms with Gasteiger partial charge in [0.25, 0.3) is 0 Å². The summed E-state index contributed by atoms with van der Waals surface area (Å²) in [5.41, 5.74) is 1.50. The number of aromatic nitrogens is 4. The van der Waals surface area contributed by atoms with Crippen LogP contribution in [0.1, 0.15) is 12.5 Å². The van der Waals surface area contributed by atoms with E-state index >= 15 is 0 Å². The predicted molar refractivity (Wildman–Crippen MR) is 109 cm³/mol. The number of ether oxygens (including phenoxy) is 1. The molecule has 0 aliphatic heterocycles. The topological polar surface area (TPSA) is 81.9 Å². The lowest BCUT2D eigenvalue weighted by Crippen LogP contribution is -2.24. The fraction of sp³-hybridized carbons (Fsp3) is 0.222. The number of para-hydroxylation sites is 2. The van der Waals surface area contributed by atoms with Gasteiger partial charge < -0.3 is 10.1 Å². The Morgan fingerprint density at radius 2 is 2.07 bits per heavy atom. The maximum atomic E-state index is 12.2. The normalized spacial score (nSPS) is 10.7. The van der Waals surface area contributed by atoms with Gasteiger partial charge in [0.15, 0.2) is 0 Å². The highest BCUT2D eigenvalue weighted by molar-refractivity contribution is 7.99. The van der Waals surface area contributed by atoms with Gasteiger partial charge in [0.1, 0.15) is 11.4 Å². The Labute approximate surface area is 176 Å². The molecule has 0 atom stereocenters. The zero-order valence-corrected chi connectivity index (χ0v) is 17.3. The van der Waals surface area contributed by atoms with E-state index in [1.807, 2.05) is 31.2 Å². The van der Waals surface area contributed by atoms with E-state index in [0.717, 1.165) is 5.56 Å². The van der Waals surface area contributed by atoms with Crippen molar-refractivity contribution in [1.29, 1.82) is 0 Å². The van der Waals surface area contributed by atoms with Crippen molar-refractivity contribution in [1.82, 2.24) is 25.5 Å². The zero-order valence-electron chi connectivity index (χ0n) is 14.9. The smallest absolute Gasteiger partial charge is 0.230 e. The van der Waals surface area contributed by atoms with Crippen LogP contribution >= 0.6 is 35.0 Å². The summed E-state index contributed by atoms with van der Waals surface area (Å²) < 4.78 is 7.18. The number of rotatable bonds is 8. The summed E-state index contributed by atoms with van der Waals surface area (Å²) in [6, 6.07) is 12.6. The summed E-state index contributed by atoms with van der Waals surface area (Å²) in [7, 11) is 0. The molecule has 1 N–H and O–H groups in total. The van der Waals surface area contributed by atoms with Gasteiger partial charge in [-0.15, -0.1) is 5.10 Å². The van der Waals surface area contributed by atoms with Crippen LogP contribution < -0.4 is 10.1 Å². The third-order valence-corrected chi connectivity index (χ3v) is 5.16. The minimum Gasteiger partial charge on any atom is -0.492 e. The molecule has 3 rings (SSSR count). The van der Waals surface area contributed by atoms with Gasteiger partial charge in [0.05, 0.1) is 12.4 Å². The van der Waals surface area contributed by atoms with Crippen molar-refractivity contribution in [3.8, 4) is 11.4 Å². The fourth-order valence-electron chi connectivity index (χ4n) is 2.37. The van der Waals surface area contributed by atoms with Gasteiger partial charge >= 0.3 is 0 Å². The molecule has 7 nitrogen and oxygen atoms in total. The van der Waals surface area contributed by atoms with E-state index in [1.165, 1.54) is 11.8 Å². The number of benzene rings is 2. The van der Waals surface area contributed by atoms with Crippen molar-refractivity contribution in [3.05, 3.63) is 58.1 Å². The standard InChI is InChI=1S/C18H17Cl2N5O2S/c1-2-27-16-6-4-3-5-15(16)25-18(22-23-24-25)28-11-17(26)21-10-12-7-8-13(19)9-14(12)20/h3-9H,2,10-11H2,1H3,(H,21,26). The van der Waals surface area contributed by atoms with Crippen LogP contribution in [0.5, 0.6) is 5.75 Å². The van der Waals surface area contributed by atoms with Gasteiger partial charge in [0, 0.05) is 16.6 Å². The summed E-state index contributed by atoms with van der Waals surface area (Å²) in [5, 5.41) is 16.1. The molecule has 0 unspecified atom stereocenters. The van der Waals surface area contributed by atoms with E-state index in [2.05, 4.69) is 20.8 Å². The number of carbonyl (C=O) groups is 1. The Morgan fingerprint density at radius 3 is 2.86 bits per heavy atom. The summed E-state index contributed by atoms with van der Waals surface area (Å²) in [5.74, 6) is 0.659. The van der Waals surface area contributed by atoms with Crippen molar-refractivity contribution in [3.63, 3.8) is 0 Å². The van der Waals surface area contributed by atoms with Gasteiger partial charge in [0.2, 0.25) is 11.1 Å². The van der Waals surface area contributed by atoms with Gasteiger partial charge in [-0.1, -0.05) is 53.2 Å². The second-order valence-corrected chi connectivity index (χ2v) is 7.36. The molecule has 1 aromatic heterocycles. The maximum Gasteiger partial charge on any atom is 0.230 e. The van der Waals surface area contributed by atoms with E-state index in [4.69, 9.17) is 27.9 Å². The summed E-state index contributed by atoms with van der Waals surface area (Å²) in [4.78, 5) is 12.2. The molecule has 0 aliphatic carbocycles. The third kappa shape index (κ3) is 5.15. The predicted octanol–water partition coefficient (Wildman–Crippen LogP) is 3.78. The van der Waals surface area contributed by atoms with Crippen LogP contribution in [0.25, 0.3) is 5.69 Å². The first-order valence-corrected chi connectivity index (χ1v) is 10.2. The molecule has 0 radical (unpaired) electrons. The summed E-state index contributed by atoms with van der Waals surface area (Å²) in [6.45, 7) is 2.74. The number of thioether (sulfide) groups is 1. The molecular formula is C18H17Cl2N5O2S. The first-order chi connectivity index (χ1) is 13.6. The molecule has 0 bridgehead atoms. The van der Waals surface area contributed by atoms with Crippen LogP contribution in [0.3, 0.4) is 0 Å². The quantitative estimate of drug-likeness (QED) is 0.540. The van der Waals surface area contributed by atoms with E-state index in [1.54, 1.807) is 22.9 Å². The monoisotopic (exact) mass is 437 g/mol. The lowest BCUT2D eigenvalue weighted by atomic mass is 10.2. The first kappa shape index (κ1) is 20.4. The molecular weight excluding hydrogens is 421 g/mol. The molecule has 28 heavy (non-hydrogen) atoms. The number of nitrogens with one attached hydrogen (secondary N) is 1. The van der Waals surface area contributed by atoms with Crippen LogP contribution in [0, 0.1) is 0 Å². The molecule has 1 heterocycles. The Morgan fingerprint density at radius 1 is 1.25 bits per heavy atom. The van der Waals surface area contributed by atoms with Crippen molar-refractivity contribution < 1.29 is 9.53 Å². The Balaban J connectivity index is 1.61. The number of amides is 1. The molecule has 0 saturated carbocycles. The molecule has 0 saturated heterocycles. The van der Waals surface area contributed by atoms with Crippen molar-refractivity contribution in [2.45, 2.75) is 18.6 Å². The lowest BCUT2D eigenvalue weighted by Gasteiger charge is -2.10. The van der Waals surface area contributed by atoms with Crippen molar-refractivity contribution >= 4 is 40.9 Å². The van der Waals surface area contributed by atoms with Gasteiger partial charge in [-0.2, -0.15) is 4.68 Å². The van der Waals surface area contributed by atoms with Gasteiger partial charge in [-0.3, -0.25) is 4.79 Å². The second kappa shape index (κ2) is 9.77. The minimum absolute atomic E-state index is 0.155. The summed E-state index contributed by atoms with van der Waals surface area (Å²) >= 11 is 13.2. The highest BCUT2D eigenvalue weighted by atomic mass is 35.5. The van der Waals surface area contributed by atoms with Crippen molar-refractivity contribution in [2.24, 2.45) is 0 Å². The maximum absolute atomic E-state index is 12.2. The van der Waals surface area contributed by atoms with E-state index < -0.39 is 0 Å².